The van der Waals surface area contributed by atoms with Crippen molar-refractivity contribution in [2.45, 2.75) is 43.9 Å². The zero-order chi connectivity index (χ0) is 22.6. The van der Waals surface area contributed by atoms with Crippen LogP contribution in [0.4, 0.5) is 13.2 Å². The molecule has 0 unspecified atom stereocenters. The molecule has 0 radical (unpaired) electrons. The van der Waals surface area contributed by atoms with Gasteiger partial charge in [0.05, 0.1) is 12.0 Å². The molecule has 0 aromatic heterocycles. The van der Waals surface area contributed by atoms with Crippen molar-refractivity contribution in [1.82, 2.24) is 9.80 Å². The van der Waals surface area contributed by atoms with Crippen LogP contribution in [0.2, 0.25) is 0 Å². The summed E-state index contributed by atoms with van der Waals surface area (Å²) < 4.78 is 42.1. The quantitative estimate of drug-likeness (QED) is 0.550. The van der Waals surface area contributed by atoms with Crippen LogP contribution in [0.3, 0.4) is 0 Å². The predicted molar refractivity (Wildman–Crippen MR) is 114 cm³/mol. The number of likely N-dealkylation sites (tertiary alicyclic amines) is 1. The fourth-order valence-electron chi connectivity index (χ4n) is 6.05. The second-order valence-electron chi connectivity index (χ2n) is 8.95. The molecule has 3 aliphatic rings. The summed E-state index contributed by atoms with van der Waals surface area (Å²) in [6.45, 7) is 0.821. The van der Waals surface area contributed by atoms with Crippen molar-refractivity contribution >= 4 is 11.7 Å². The Morgan fingerprint density at radius 2 is 1.81 bits per heavy atom. The molecule has 3 aliphatic heterocycles. The van der Waals surface area contributed by atoms with E-state index in [4.69, 9.17) is 11.1 Å². The average Bonchev–Trinajstić information content (AvgIpc) is 3.42. The minimum Gasteiger partial charge on any atom is -0.384 e. The molecule has 5 rings (SSSR count). The van der Waals surface area contributed by atoms with E-state index in [9.17, 15) is 18.0 Å². The normalized spacial score (nSPS) is 29.6. The number of carbonyl (C=O) groups is 1. The SMILES string of the molecule is N=C(N)c1ccc([C@H]2[C@H]3C(=O)N(Cc4ccc(F)cc4)[C@H](C(F)F)[C@H]3[C@@H]3CCCN32)cc1. The first kappa shape index (κ1) is 21.0. The second kappa shape index (κ2) is 7.92. The number of hydrogen-bond acceptors (Lipinski definition) is 3. The summed E-state index contributed by atoms with van der Waals surface area (Å²) in [6.07, 6.45) is -0.946. The summed E-state index contributed by atoms with van der Waals surface area (Å²) in [5, 5.41) is 7.60. The lowest BCUT2D eigenvalue weighted by Gasteiger charge is -2.33. The van der Waals surface area contributed by atoms with Crippen LogP contribution in [-0.2, 0) is 11.3 Å². The molecule has 2 aromatic rings. The molecule has 168 valence electrons. The number of fused-ring (bicyclic) bond motifs is 3. The van der Waals surface area contributed by atoms with Gasteiger partial charge in [0.25, 0.3) is 6.43 Å². The topological polar surface area (TPSA) is 73.4 Å². The highest BCUT2D eigenvalue weighted by Crippen LogP contribution is 2.56. The summed E-state index contributed by atoms with van der Waals surface area (Å²) in [5.41, 5.74) is 7.68. The number of benzene rings is 2. The Morgan fingerprint density at radius 3 is 2.44 bits per heavy atom. The molecule has 3 saturated heterocycles. The number of nitrogen functional groups attached to an aromatic ring is 1. The molecule has 0 aliphatic carbocycles. The Morgan fingerprint density at radius 1 is 1.12 bits per heavy atom. The van der Waals surface area contributed by atoms with Crippen LogP contribution in [0, 0.1) is 23.1 Å². The molecule has 3 heterocycles. The first-order valence-electron chi connectivity index (χ1n) is 10.9. The first-order valence-corrected chi connectivity index (χ1v) is 10.9. The molecule has 0 bridgehead atoms. The second-order valence-corrected chi connectivity index (χ2v) is 8.95. The molecule has 32 heavy (non-hydrogen) atoms. The number of amides is 1. The Labute approximate surface area is 184 Å². The highest BCUT2D eigenvalue weighted by molar-refractivity contribution is 5.95. The molecule has 5 atom stereocenters. The van der Waals surface area contributed by atoms with Gasteiger partial charge in [-0.25, -0.2) is 13.2 Å². The molecule has 0 spiro atoms. The summed E-state index contributed by atoms with van der Waals surface area (Å²) >= 11 is 0. The zero-order valence-corrected chi connectivity index (χ0v) is 17.4. The van der Waals surface area contributed by atoms with Crippen LogP contribution in [0.5, 0.6) is 0 Å². The Balaban J connectivity index is 1.52. The van der Waals surface area contributed by atoms with Crippen LogP contribution < -0.4 is 5.73 Å². The van der Waals surface area contributed by atoms with Crippen molar-refractivity contribution in [2.24, 2.45) is 17.6 Å². The van der Waals surface area contributed by atoms with Gasteiger partial charge in [-0.1, -0.05) is 36.4 Å². The van der Waals surface area contributed by atoms with Crippen molar-refractivity contribution in [3.05, 3.63) is 71.0 Å². The van der Waals surface area contributed by atoms with Gasteiger partial charge in [-0.3, -0.25) is 15.1 Å². The largest absolute Gasteiger partial charge is 0.384 e. The number of hydrogen-bond donors (Lipinski definition) is 2. The number of rotatable bonds is 5. The summed E-state index contributed by atoms with van der Waals surface area (Å²) in [6, 6.07) is 11.3. The Kier molecular flexibility index (Phi) is 5.20. The van der Waals surface area contributed by atoms with Crippen molar-refractivity contribution < 1.29 is 18.0 Å². The summed E-state index contributed by atoms with van der Waals surface area (Å²) in [7, 11) is 0. The maximum absolute atomic E-state index is 14.4. The lowest BCUT2D eigenvalue weighted by atomic mass is 9.82. The minimum absolute atomic E-state index is 0.0416. The fraction of sp³-hybridized carbons (Fsp3) is 0.417. The first-order chi connectivity index (χ1) is 15.4. The van der Waals surface area contributed by atoms with Crippen molar-refractivity contribution in [1.29, 1.82) is 5.41 Å². The maximum Gasteiger partial charge on any atom is 0.259 e. The number of nitrogens with two attached hydrogens (primary N) is 1. The minimum atomic E-state index is -2.66. The van der Waals surface area contributed by atoms with Crippen molar-refractivity contribution in [2.75, 3.05) is 6.54 Å². The van der Waals surface area contributed by atoms with E-state index in [0.29, 0.717) is 11.1 Å². The van der Waals surface area contributed by atoms with E-state index in [2.05, 4.69) is 4.90 Å². The van der Waals surface area contributed by atoms with Gasteiger partial charge in [0, 0.05) is 30.1 Å². The van der Waals surface area contributed by atoms with Crippen LogP contribution in [0.15, 0.2) is 48.5 Å². The molecule has 0 saturated carbocycles. The molecule has 1 amide bonds. The molecular weight excluding hydrogens is 417 g/mol. The van der Waals surface area contributed by atoms with E-state index in [0.717, 1.165) is 24.9 Å². The number of carbonyl (C=O) groups excluding carboxylic acids is 1. The lowest BCUT2D eigenvalue weighted by molar-refractivity contribution is -0.136. The standard InChI is InChI=1S/C24H25F3N4O/c25-16-9-3-13(4-10-16)12-31-21(22(26)27)18-17-2-1-11-30(17)20(19(18)24(31)32)14-5-7-15(8-6-14)23(28)29/h3-10,17-22H,1-2,11-12H2,(H3,28,29)/t17-,18-,19-,20-,21-/m0/s1. The highest BCUT2D eigenvalue weighted by Gasteiger charge is 2.64. The third-order valence-corrected chi connectivity index (χ3v) is 7.31. The van der Waals surface area contributed by atoms with Crippen LogP contribution >= 0.6 is 0 Å². The third kappa shape index (κ3) is 3.28. The van der Waals surface area contributed by atoms with E-state index in [-0.39, 0.29) is 30.4 Å². The smallest absolute Gasteiger partial charge is 0.259 e. The molecule has 8 heteroatoms. The van der Waals surface area contributed by atoms with Gasteiger partial charge >= 0.3 is 0 Å². The van der Waals surface area contributed by atoms with Gasteiger partial charge in [-0.15, -0.1) is 0 Å². The van der Waals surface area contributed by atoms with Gasteiger partial charge in [0.1, 0.15) is 11.7 Å². The van der Waals surface area contributed by atoms with E-state index < -0.39 is 30.1 Å². The van der Waals surface area contributed by atoms with E-state index in [1.807, 2.05) is 12.1 Å². The zero-order valence-electron chi connectivity index (χ0n) is 17.4. The number of alkyl halides is 2. The van der Waals surface area contributed by atoms with Crippen molar-refractivity contribution in [3.8, 4) is 0 Å². The maximum atomic E-state index is 14.4. The molecule has 3 fully saturated rings. The van der Waals surface area contributed by atoms with Gasteiger partial charge in [-0.2, -0.15) is 0 Å². The fourth-order valence-corrected chi connectivity index (χ4v) is 6.05. The van der Waals surface area contributed by atoms with Gasteiger partial charge in [0.2, 0.25) is 5.91 Å². The number of nitrogens with one attached hydrogen (secondary N) is 1. The van der Waals surface area contributed by atoms with Crippen LogP contribution in [0.25, 0.3) is 0 Å². The average molecular weight is 442 g/mol. The predicted octanol–water partition coefficient (Wildman–Crippen LogP) is 3.54. The monoisotopic (exact) mass is 442 g/mol. The van der Waals surface area contributed by atoms with Gasteiger partial charge < -0.3 is 10.6 Å². The van der Waals surface area contributed by atoms with E-state index in [1.165, 1.54) is 17.0 Å². The van der Waals surface area contributed by atoms with Gasteiger partial charge in [0.15, 0.2) is 0 Å². The summed E-state index contributed by atoms with van der Waals surface area (Å²) in [4.78, 5) is 17.1. The van der Waals surface area contributed by atoms with Crippen LogP contribution in [-0.4, -0.2) is 46.6 Å². The number of amidine groups is 1. The van der Waals surface area contributed by atoms with Crippen molar-refractivity contribution in [3.63, 3.8) is 0 Å². The van der Waals surface area contributed by atoms with Gasteiger partial charge in [-0.05, 0) is 42.6 Å². The van der Waals surface area contributed by atoms with Crippen LogP contribution in [0.1, 0.15) is 35.6 Å². The highest BCUT2D eigenvalue weighted by atomic mass is 19.3. The summed E-state index contributed by atoms with van der Waals surface area (Å²) in [5.74, 6) is -1.72. The molecule has 2 aromatic carbocycles. The molecule has 3 N–H and O–H groups in total. The molecular formula is C24H25F3N4O. The lowest BCUT2D eigenvalue weighted by Crippen LogP contribution is -2.45. The number of halogens is 3. The Hall–Kier alpha value is -2.87. The Bertz CT molecular complexity index is 1030. The number of nitrogens with zero attached hydrogens (tertiary/aromatic N) is 2. The third-order valence-electron chi connectivity index (χ3n) is 7.31. The van der Waals surface area contributed by atoms with E-state index >= 15 is 0 Å². The van der Waals surface area contributed by atoms with E-state index in [1.54, 1.807) is 24.3 Å². The molecule has 5 nitrogen and oxygen atoms in total.